The zero-order valence-corrected chi connectivity index (χ0v) is 31.2. The summed E-state index contributed by atoms with van der Waals surface area (Å²) in [5, 5.41) is 0. The van der Waals surface area contributed by atoms with E-state index in [4.69, 9.17) is 9.47 Å². The van der Waals surface area contributed by atoms with Crippen LogP contribution in [0.15, 0.2) is 133 Å². The van der Waals surface area contributed by atoms with Crippen LogP contribution in [0.3, 0.4) is 0 Å². The van der Waals surface area contributed by atoms with Crippen LogP contribution in [0, 0.1) is 0 Å². The van der Waals surface area contributed by atoms with Gasteiger partial charge in [0.1, 0.15) is 0 Å². The van der Waals surface area contributed by atoms with Crippen molar-refractivity contribution in [3.8, 4) is 33.4 Å². The van der Waals surface area contributed by atoms with Gasteiger partial charge in [-0.2, -0.15) is 0 Å². The number of unbranched alkanes of at least 4 members (excludes halogenated alkanes) is 10. The van der Waals surface area contributed by atoms with E-state index in [1.54, 1.807) is 24.3 Å². The fraction of sp³-hybridized carbons (Fsp3) is 0.333. The van der Waals surface area contributed by atoms with Crippen molar-refractivity contribution in [2.24, 2.45) is 0 Å². The summed E-state index contributed by atoms with van der Waals surface area (Å²) >= 11 is 0. The molecule has 0 unspecified atom stereocenters. The molecule has 0 aliphatic heterocycles. The molecule has 0 fully saturated rings. The molecular weight excluding hydrogens is 641 g/mol. The molecule has 5 aromatic rings. The lowest BCUT2D eigenvalue weighted by atomic mass is 9.88. The van der Waals surface area contributed by atoms with Gasteiger partial charge in [0.05, 0.1) is 24.3 Å². The third-order valence-corrected chi connectivity index (χ3v) is 9.13. The Morgan fingerprint density at radius 3 is 1.13 bits per heavy atom. The molecule has 0 bridgehead atoms. The van der Waals surface area contributed by atoms with Crippen LogP contribution in [0.2, 0.25) is 0 Å². The maximum atomic E-state index is 12.4. The minimum absolute atomic E-state index is 0.293. The van der Waals surface area contributed by atoms with Crippen LogP contribution in [0.1, 0.15) is 112 Å². The minimum atomic E-state index is -0.444. The van der Waals surface area contributed by atoms with Gasteiger partial charge in [-0.25, -0.2) is 9.59 Å². The van der Waals surface area contributed by atoms with Gasteiger partial charge in [0.25, 0.3) is 0 Å². The summed E-state index contributed by atoms with van der Waals surface area (Å²) in [6, 6.07) is 45.2. The fourth-order valence-corrected chi connectivity index (χ4v) is 6.27. The monoisotopic (exact) mass is 696 g/mol. The summed E-state index contributed by atoms with van der Waals surface area (Å²) in [6.45, 7) is 5.17. The number of hydrogen-bond donors (Lipinski definition) is 0. The van der Waals surface area contributed by atoms with Crippen LogP contribution in [-0.4, -0.2) is 25.2 Å². The molecular formula is C48H56O4. The predicted octanol–water partition coefficient (Wildman–Crippen LogP) is 13.4. The number of carbonyl (C=O) groups is 2. The standard InChI is InChI=1S/C24H38O4.C24H18/c1-3-5-7-9-11-15-19-27-23(25)21-17-13-14-18-22(21)24(26)28-20-16-12-10-8-6-4-2;1-4-11-19(12-5-1)22-17-10-18-23(20-13-6-2-7-14-20)24(22)21-15-8-3-9-16-21/h13-14,17-18H,3-12,15-16,19-20H2,1-2H3;1-18H. The van der Waals surface area contributed by atoms with E-state index in [2.05, 4.69) is 123 Å². The highest BCUT2D eigenvalue weighted by Gasteiger charge is 2.19. The van der Waals surface area contributed by atoms with E-state index < -0.39 is 11.9 Å². The van der Waals surface area contributed by atoms with Gasteiger partial charge in [0.15, 0.2) is 0 Å². The van der Waals surface area contributed by atoms with E-state index in [1.165, 1.54) is 84.7 Å². The van der Waals surface area contributed by atoms with Gasteiger partial charge in [-0.1, -0.05) is 199 Å². The number of ether oxygens (including phenoxy) is 2. The average molecular weight is 697 g/mol. The van der Waals surface area contributed by atoms with Gasteiger partial charge in [0, 0.05) is 0 Å². The summed E-state index contributed by atoms with van der Waals surface area (Å²) < 4.78 is 10.7. The molecule has 0 aromatic heterocycles. The quantitative estimate of drug-likeness (QED) is 0.0637. The van der Waals surface area contributed by atoms with Crippen LogP contribution in [-0.2, 0) is 9.47 Å². The van der Waals surface area contributed by atoms with Gasteiger partial charge in [0.2, 0.25) is 0 Å². The molecule has 272 valence electrons. The van der Waals surface area contributed by atoms with Gasteiger partial charge < -0.3 is 9.47 Å². The van der Waals surface area contributed by atoms with E-state index in [1.807, 2.05) is 0 Å². The zero-order chi connectivity index (χ0) is 36.6. The summed E-state index contributed by atoms with van der Waals surface area (Å²) in [5.41, 5.74) is 8.14. The highest BCUT2D eigenvalue weighted by Crippen LogP contribution is 2.39. The molecule has 0 aliphatic rings. The molecule has 52 heavy (non-hydrogen) atoms. The van der Waals surface area contributed by atoms with E-state index in [0.29, 0.717) is 24.3 Å². The Labute approximate surface area is 312 Å². The van der Waals surface area contributed by atoms with Crippen LogP contribution < -0.4 is 0 Å². The molecule has 0 N–H and O–H groups in total. The average Bonchev–Trinajstić information content (AvgIpc) is 3.21. The lowest BCUT2D eigenvalue weighted by Crippen LogP contribution is -2.15. The first kappa shape index (κ1) is 39.8. The van der Waals surface area contributed by atoms with Crippen molar-refractivity contribution in [3.05, 3.63) is 145 Å². The van der Waals surface area contributed by atoms with Crippen molar-refractivity contribution in [1.82, 2.24) is 0 Å². The molecule has 0 amide bonds. The van der Waals surface area contributed by atoms with E-state index in [0.717, 1.165) is 25.7 Å². The highest BCUT2D eigenvalue weighted by atomic mass is 16.5. The summed E-state index contributed by atoms with van der Waals surface area (Å²) in [4.78, 5) is 24.7. The molecule has 0 atom stereocenters. The van der Waals surface area contributed by atoms with Gasteiger partial charge in [-0.05, 0) is 58.4 Å². The minimum Gasteiger partial charge on any atom is -0.462 e. The second kappa shape index (κ2) is 23.5. The highest BCUT2D eigenvalue weighted by molar-refractivity contribution is 6.03. The normalized spacial score (nSPS) is 10.6. The molecule has 0 heterocycles. The van der Waals surface area contributed by atoms with Gasteiger partial charge in [-0.3, -0.25) is 0 Å². The van der Waals surface area contributed by atoms with Crippen LogP contribution in [0.4, 0.5) is 0 Å². The summed E-state index contributed by atoms with van der Waals surface area (Å²) in [7, 11) is 0. The Bertz CT molecular complexity index is 1620. The SMILES string of the molecule is CCCCCCCCOC(=O)c1ccccc1C(=O)OCCCCCCCC.c1ccc(-c2cccc(-c3ccccc3)c2-c2ccccc2)cc1. The van der Waals surface area contributed by atoms with Crippen molar-refractivity contribution < 1.29 is 19.1 Å². The second-order valence-electron chi connectivity index (χ2n) is 13.2. The number of rotatable bonds is 19. The molecule has 4 heteroatoms. The topological polar surface area (TPSA) is 52.6 Å². The van der Waals surface area contributed by atoms with E-state index >= 15 is 0 Å². The largest absolute Gasteiger partial charge is 0.462 e. The predicted molar refractivity (Wildman–Crippen MR) is 217 cm³/mol. The van der Waals surface area contributed by atoms with Gasteiger partial charge >= 0.3 is 11.9 Å². The molecule has 0 spiro atoms. The summed E-state index contributed by atoms with van der Waals surface area (Å²) in [6.07, 6.45) is 13.6. The Morgan fingerprint density at radius 1 is 0.385 bits per heavy atom. The van der Waals surface area contributed by atoms with Crippen molar-refractivity contribution in [1.29, 1.82) is 0 Å². The van der Waals surface area contributed by atoms with Crippen molar-refractivity contribution in [2.75, 3.05) is 13.2 Å². The lowest BCUT2D eigenvalue weighted by molar-refractivity contribution is 0.0450. The molecule has 4 nitrogen and oxygen atoms in total. The number of esters is 2. The molecule has 5 aromatic carbocycles. The van der Waals surface area contributed by atoms with Crippen molar-refractivity contribution in [3.63, 3.8) is 0 Å². The Balaban J connectivity index is 0.000000234. The maximum Gasteiger partial charge on any atom is 0.339 e. The first-order chi connectivity index (χ1) is 25.6. The number of carbonyl (C=O) groups excluding carboxylic acids is 2. The lowest BCUT2D eigenvalue weighted by Gasteiger charge is -2.16. The first-order valence-corrected chi connectivity index (χ1v) is 19.4. The van der Waals surface area contributed by atoms with Crippen LogP contribution >= 0.6 is 0 Å². The molecule has 0 saturated heterocycles. The second-order valence-corrected chi connectivity index (χ2v) is 13.2. The molecule has 0 aliphatic carbocycles. The molecule has 5 rings (SSSR count). The smallest absolute Gasteiger partial charge is 0.339 e. The van der Waals surface area contributed by atoms with Gasteiger partial charge in [-0.15, -0.1) is 0 Å². The van der Waals surface area contributed by atoms with Crippen LogP contribution in [0.5, 0.6) is 0 Å². The van der Waals surface area contributed by atoms with Crippen molar-refractivity contribution in [2.45, 2.75) is 90.9 Å². The first-order valence-electron chi connectivity index (χ1n) is 19.4. The Kier molecular flexibility index (Phi) is 18.0. The fourth-order valence-electron chi connectivity index (χ4n) is 6.27. The zero-order valence-electron chi connectivity index (χ0n) is 31.2. The Morgan fingerprint density at radius 2 is 0.731 bits per heavy atom. The number of hydrogen-bond acceptors (Lipinski definition) is 4. The third-order valence-electron chi connectivity index (χ3n) is 9.13. The maximum absolute atomic E-state index is 12.4. The number of benzene rings is 5. The molecule has 0 saturated carbocycles. The summed E-state index contributed by atoms with van der Waals surface area (Å²) in [5.74, 6) is -0.888. The van der Waals surface area contributed by atoms with E-state index in [-0.39, 0.29) is 0 Å². The van der Waals surface area contributed by atoms with E-state index in [9.17, 15) is 9.59 Å². The third kappa shape index (κ3) is 13.0. The van der Waals surface area contributed by atoms with Crippen molar-refractivity contribution >= 4 is 11.9 Å². The Hall–Kier alpha value is -4.96. The van der Waals surface area contributed by atoms with Crippen LogP contribution in [0.25, 0.3) is 33.4 Å². The molecule has 0 radical (unpaired) electrons.